The molecule has 0 amide bonds. The van der Waals surface area contributed by atoms with Gasteiger partial charge in [-0.1, -0.05) is 152 Å². The first-order chi connectivity index (χ1) is 31.6. The molecular weight excluding hydrogens is 1020 g/mol. The predicted octanol–water partition coefficient (Wildman–Crippen LogP) is 16.3. The smallest absolute Gasteiger partial charge is 0.144 e. The van der Waals surface area contributed by atoms with Crippen molar-refractivity contribution in [3.8, 4) is 44.9 Å². The second-order valence-electron chi connectivity index (χ2n) is 19.5. The van der Waals surface area contributed by atoms with Crippen LogP contribution in [0.15, 0.2) is 169 Å². The number of para-hydroxylation sites is 1. The van der Waals surface area contributed by atoms with Crippen molar-refractivity contribution in [2.24, 2.45) is 11.8 Å². The molecular formula is C60H64FIrN3OSi. The second-order valence-corrected chi connectivity index (χ2v) is 24.6. The Kier molecular flexibility index (Phi) is 17.2. The molecule has 9 rings (SSSR count). The standard InChI is InChI=1S/C27H22FNO.C18H25NSi.C15H17N.Ir/c1-16(2)24-14-25(29-15-17(24)3)23-6-4-5-22-21-12-9-19(13-26(21)30-27(22)23)18-7-10-20(28)11-8-18;1-14(2)11-16-12-17(15-9-7-6-8-10-15)19-13-18(16)20(3,4)5;1-12(2)10-13-8-9-16-15(11-13)14-6-4-3-5-7-14;/h4-16H,1-3H3;6-10,12-14H,11H2,1-5H3;3-9,11-12H,10H2,1-2H3;. The van der Waals surface area contributed by atoms with Crippen molar-refractivity contribution < 1.29 is 28.9 Å². The van der Waals surface area contributed by atoms with Crippen molar-refractivity contribution in [2.75, 3.05) is 0 Å². The molecule has 0 bridgehead atoms. The van der Waals surface area contributed by atoms with Gasteiger partial charge in [0.05, 0.1) is 25.2 Å². The monoisotopic (exact) mass is 1080 g/mol. The van der Waals surface area contributed by atoms with E-state index in [0.717, 1.165) is 68.6 Å². The maximum Gasteiger partial charge on any atom is 0.144 e. The third-order valence-electron chi connectivity index (χ3n) is 11.8. The molecule has 7 heteroatoms. The zero-order valence-corrected chi connectivity index (χ0v) is 44.1. The van der Waals surface area contributed by atoms with E-state index in [-0.39, 0.29) is 25.9 Å². The molecule has 0 N–H and O–H groups in total. The molecule has 1 radical (unpaired) electrons. The van der Waals surface area contributed by atoms with Gasteiger partial charge in [-0.15, -0.1) is 0 Å². The van der Waals surface area contributed by atoms with E-state index in [2.05, 4.69) is 181 Å². The molecule has 345 valence electrons. The Morgan fingerprint density at radius 3 is 1.78 bits per heavy atom. The summed E-state index contributed by atoms with van der Waals surface area (Å²) in [5, 5.41) is 3.64. The number of aryl methyl sites for hydroxylation is 1. The number of aromatic nitrogens is 3. The minimum absolute atomic E-state index is 0. The largest absolute Gasteiger partial charge is 0.455 e. The molecule has 4 heterocycles. The molecule has 0 aliphatic rings. The van der Waals surface area contributed by atoms with Crippen LogP contribution in [0.25, 0.3) is 66.8 Å². The summed E-state index contributed by atoms with van der Waals surface area (Å²) in [4.78, 5) is 13.8. The maximum absolute atomic E-state index is 13.3. The normalized spacial score (nSPS) is 11.3. The minimum atomic E-state index is -1.33. The summed E-state index contributed by atoms with van der Waals surface area (Å²) in [6.07, 6.45) is 8.23. The molecule has 5 aromatic carbocycles. The van der Waals surface area contributed by atoms with Gasteiger partial charge < -0.3 is 4.42 Å². The predicted molar refractivity (Wildman–Crippen MR) is 281 cm³/mol. The van der Waals surface area contributed by atoms with Gasteiger partial charge in [0.25, 0.3) is 0 Å². The summed E-state index contributed by atoms with van der Waals surface area (Å²) in [5.74, 6) is 1.56. The summed E-state index contributed by atoms with van der Waals surface area (Å²) < 4.78 is 19.6. The van der Waals surface area contributed by atoms with E-state index in [1.807, 2.05) is 36.7 Å². The number of halogens is 1. The van der Waals surface area contributed by atoms with Crippen LogP contribution in [-0.4, -0.2) is 23.0 Å². The Morgan fingerprint density at radius 1 is 0.552 bits per heavy atom. The summed E-state index contributed by atoms with van der Waals surface area (Å²) in [6, 6.07) is 48.4. The van der Waals surface area contributed by atoms with Crippen molar-refractivity contribution in [1.82, 2.24) is 15.0 Å². The van der Waals surface area contributed by atoms with Crippen molar-refractivity contribution in [3.63, 3.8) is 0 Å². The van der Waals surface area contributed by atoms with Gasteiger partial charge in [0.2, 0.25) is 0 Å². The topological polar surface area (TPSA) is 51.8 Å². The van der Waals surface area contributed by atoms with Crippen LogP contribution in [0.4, 0.5) is 4.39 Å². The van der Waals surface area contributed by atoms with Gasteiger partial charge >= 0.3 is 0 Å². The number of rotatable bonds is 10. The van der Waals surface area contributed by atoms with Crippen molar-refractivity contribution in [2.45, 2.75) is 86.9 Å². The Hall–Kier alpha value is -5.85. The van der Waals surface area contributed by atoms with E-state index in [9.17, 15) is 4.39 Å². The maximum atomic E-state index is 13.3. The molecule has 0 saturated heterocycles. The van der Waals surface area contributed by atoms with Gasteiger partial charge in [-0.05, 0) is 131 Å². The van der Waals surface area contributed by atoms with Crippen molar-refractivity contribution >= 4 is 35.2 Å². The van der Waals surface area contributed by atoms with Gasteiger partial charge in [-0.3, -0.25) is 15.0 Å². The van der Waals surface area contributed by atoms with Crippen LogP contribution in [-0.2, 0) is 32.9 Å². The van der Waals surface area contributed by atoms with Gasteiger partial charge in [-0.2, -0.15) is 0 Å². The Labute approximate surface area is 412 Å². The van der Waals surface area contributed by atoms with E-state index in [1.165, 1.54) is 50.7 Å². The molecule has 67 heavy (non-hydrogen) atoms. The SMILES string of the molecule is CC(C)Cc1cc(-c2ccccc2)ncc1[Si](C)(C)C.CC(C)Cc1ccnc(-c2ccccc2)c1.Cc1cnc(-c2cccc3c2oc2cc(-c4ccc(F)cc4)ccc23)cc1C(C)C.[Ir]. The molecule has 4 aromatic heterocycles. The number of fused-ring (bicyclic) bond motifs is 3. The van der Waals surface area contributed by atoms with Crippen LogP contribution in [0.2, 0.25) is 19.6 Å². The van der Waals surface area contributed by atoms with Crippen LogP contribution in [0, 0.1) is 24.6 Å². The third kappa shape index (κ3) is 13.0. The molecule has 0 spiro atoms. The fraction of sp³-hybridized carbons (Fsp3) is 0.250. The molecule has 4 nitrogen and oxygen atoms in total. The third-order valence-corrected chi connectivity index (χ3v) is 13.8. The Balaban J connectivity index is 0.000000175. The van der Waals surface area contributed by atoms with E-state index >= 15 is 0 Å². The molecule has 0 fully saturated rings. The molecule has 0 unspecified atom stereocenters. The summed E-state index contributed by atoms with van der Waals surface area (Å²) in [6.45, 7) is 22.8. The van der Waals surface area contributed by atoms with Gasteiger partial charge in [0.15, 0.2) is 0 Å². The van der Waals surface area contributed by atoms with Crippen LogP contribution in [0.3, 0.4) is 0 Å². The molecule has 0 saturated carbocycles. The quantitative estimate of drug-likeness (QED) is 0.128. The molecule has 9 aromatic rings. The summed E-state index contributed by atoms with van der Waals surface area (Å²) >= 11 is 0. The Bertz CT molecular complexity index is 3010. The fourth-order valence-electron chi connectivity index (χ4n) is 8.52. The van der Waals surface area contributed by atoms with E-state index < -0.39 is 8.07 Å². The minimum Gasteiger partial charge on any atom is -0.455 e. The van der Waals surface area contributed by atoms with Gasteiger partial charge in [-0.25, -0.2) is 4.39 Å². The van der Waals surface area contributed by atoms with Crippen LogP contribution < -0.4 is 5.19 Å². The van der Waals surface area contributed by atoms with E-state index in [0.29, 0.717) is 17.8 Å². The Morgan fingerprint density at radius 2 is 1.16 bits per heavy atom. The molecule has 0 aliphatic heterocycles. The van der Waals surface area contributed by atoms with E-state index in [1.54, 1.807) is 12.1 Å². The van der Waals surface area contributed by atoms with Gasteiger partial charge in [0.1, 0.15) is 17.0 Å². The zero-order valence-electron chi connectivity index (χ0n) is 40.7. The van der Waals surface area contributed by atoms with E-state index in [4.69, 9.17) is 9.40 Å². The fourth-order valence-corrected chi connectivity index (χ4v) is 10.1. The van der Waals surface area contributed by atoms with Crippen molar-refractivity contribution in [3.05, 3.63) is 192 Å². The number of nitrogens with zero attached hydrogens (tertiary/aromatic N) is 3. The average molecular weight is 1080 g/mol. The summed E-state index contributed by atoms with van der Waals surface area (Å²) in [7, 11) is -1.33. The summed E-state index contributed by atoms with van der Waals surface area (Å²) in [5.41, 5.74) is 15.5. The van der Waals surface area contributed by atoms with Gasteiger partial charge in [0, 0.05) is 66.2 Å². The number of pyridine rings is 3. The number of benzene rings is 5. The second kappa shape index (κ2) is 22.8. The van der Waals surface area contributed by atoms with Crippen molar-refractivity contribution in [1.29, 1.82) is 0 Å². The molecule has 0 aliphatic carbocycles. The average Bonchev–Trinajstić information content (AvgIpc) is 3.68. The zero-order chi connectivity index (χ0) is 47.0. The van der Waals surface area contributed by atoms with Crippen LogP contribution >= 0.6 is 0 Å². The van der Waals surface area contributed by atoms with Crippen LogP contribution in [0.1, 0.15) is 69.7 Å². The number of furan rings is 1. The van der Waals surface area contributed by atoms with Crippen LogP contribution in [0.5, 0.6) is 0 Å². The first-order valence-corrected chi connectivity index (χ1v) is 26.9. The number of hydrogen-bond donors (Lipinski definition) is 0. The first kappa shape index (κ1) is 50.6. The number of hydrogen-bond acceptors (Lipinski definition) is 4. The first-order valence-electron chi connectivity index (χ1n) is 23.4. The molecule has 0 atom stereocenters.